The Bertz CT molecular complexity index is 443. The maximum Gasteiger partial charge on any atom is 0.122 e. The third-order valence-electron chi connectivity index (χ3n) is 4.59. The summed E-state index contributed by atoms with van der Waals surface area (Å²) in [5.41, 5.74) is 3.06. The molecule has 3 atom stereocenters. The van der Waals surface area contributed by atoms with Gasteiger partial charge in [-0.2, -0.15) is 11.8 Å². The molecule has 0 amide bonds. The Morgan fingerprint density at radius 3 is 3.10 bits per heavy atom. The Morgan fingerprint density at radius 2 is 2.45 bits per heavy atom. The van der Waals surface area contributed by atoms with E-state index in [2.05, 4.69) is 24.5 Å². The molecule has 0 saturated carbocycles. The Balaban J connectivity index is 1.75. The first-order chi connectivity index (χ1) is 9.76. The van der Waals surface area contributed by atoms with Crippen LogP contribution in [0.25, 0.3) is 0 Å². The van der Waals surface area contributed by atoms with Gasteiger partial charge in [-0.3, -0.25) is 5.84 Å². The van der Waals surface area contributed by atoms with Crippen molar-refractivity contribution in [3.05, 3.63) is 23.7 Å². The molecule has 112 valence electrons. The molecule has 2 aliphatic rings. The highest BCUT2D eigenvalue weighted by Gasteiger charge is 2.43. The van der Waals surface area contributed by atoms with Gasteiger partial charge in [0.05, 0.1) is 11.6 Å². The Morgan fingerprint density at radius 1 is 1.55 bits per heavy atom. The first kappa shape index (κ1) is 14.4. The van der Waals surface area contributed by atoms with Gasteiger partial charge in [-0.15, -0.1) is 0 Å². The smallest absolute Gasteiger partial charge is 0.122 e. The maximum absolute atomic E-state index is 6.09. The number of hydrazine groups is 1. The second-order valence-electron chi connectivity index (χ2n) is 5.89. The van der Waals surface area contributed by atoms with Crippen molar-refractivity contribution in [2.45, 2.75) is 44.2 Å². The van der Waals surface area contributed by atoms with Crippen molar-refractivity contribution < 1.29 is 9.15 Å². The zero-order valence-corrected chi connectivity index (χ0v) is 12.9. The number of nitrogens with two attached hydrogens (primary N) is 1. The fraction of sp³-hybridized carbons (Fsp3) is 0.733. The van der Waals surface area contributed by atoms with Gasteiger partial charge in [0.25, 0.3) is 0 Å². The van der Waals surface area contributed by atoms with Crippen molar-refractivity contribution in [1.82, 2.24) is 5.43 Å². The summed E-state index contributed by atoms with van der Waals surface area (Å²) in [7, 11) is 0. The molecule has 4 nitrogen and oxygen atoms in total. The lowest BCUT2D eigenvalue weighted by atomic mass is 9.80. The van der Waals surface area contributed by atoms with Crippen LogP contribution in [0, 0.1) is 5.92 Å². The number of rotatable bonds is 4. The van der Waals surface area contributed by atoms with E-state index in [1.165, 1.54) is 12.2 Å². The molecule has 3 N–H and O–H groups in total. The number of nitrogens with one attached hydrogen (secondary N) is 1. The molecular formula is C15H24N2O2S. The van der Waals surface area contributed by atoms with E-state index in [9.17, 15) is 0 Å². The second-order valence-corrected chi connectivity index (χ2v) is 6.99. The summed E-state index contributed by atoms with van der Waals surface area (Å²) in [5, 5.41) is 0. The van der Waals surface area contributed by atoms with Gasteiger partial charge in [-0.05, 0) is 43.1 Å². The molecule has 20 heavy (non-hydrogen) atoms. The Kier molecular flexibility index (Phi) is 4.40. The van der Waals surface area contributed by atoms with Gasteiger partial charge in [-0.1, -0.05) is 6.92 Å². The van der Waals surface area contributed by atoms with Crippen LogP contribution in [0.2, 0.25) is 0 Å². The number of hydrogen-bond acceptors (Lipinski definition) is 5. The average Bonchev–Trinajstić information content (AvgIpc) is 3.10. The largest absolute Gasteiger partial charge is 0.464 e. The quantitative estimate of drug-likeness (QED) is 0.661. The summed E-state index contributed by atoms with van der Waals surface area (Å²) in [6.45, 7) is 2.94. The maximum atomic E-state index is 6.09. The SMILES string of the molecule is CCc1ccc(C(NN)C2CCOC3(CCSC3)C2)o1. The molecular weight excluding hydrogens is 272 g/mol. The summed E-state index contributed by atoms with van der Waals surface area (Å²) >= 11 is 2.00. The van der Waals surface area contributed by atoms with E-state index in [-0.39, 0.29) is 11.6 Å². The number of furan rings is 1. The standard InChI is InChI=1S/C15H24N2O2S/c1-2-12-3-4-13(19-12)14(17-16)11-5-7-18-15(9-11)6-8-20-10-15/h3-4,11,14,17H,2,5-10,16H2,1H3. The van der Waals surface area contributed by atoms with Crippen LogP contribution in [-0.2, 0) is 11.2 Å². The summed E-state index contributed by atoms with van der Waals surface area (Å²) in [5.74, 6) is 10.6. The summed E-state index contributed by atoms with van der Waals surface area (Å²) in [4.78, 5) is 0. The van der Waals surface area contributed by atoms with Gasteiger partial charge < -0.3 is 9.15 Å². The van der Waals surface area contributed by atoms with E-state index in [0.717, 1.165) is 43.1 Å². The van der Waals surface area contributed by atoms with Gasteiger partial charge in [-0.25, -0.2) is 5.43 Å². The number of ether oxygens (including phenoxy) is 1. The van der Waals surface area contributed by atoms with Crippen molar-refractivity contribution in [3.8, 4) is 0 Å². The molecule has 1 aromatic rings. The third kappa shape index (κ3) is 2.77. The van der Waals surface area contributed by atoms with E-state index < -0.39 is 0 Å². The van der Waals surface area contributed by atoms with E-state index in [1.807, 2.05) is 11.8 Å². The number of hydrogen-bond donors (Lipinski definition) is 2. The predicted molar refractivity (Wildman–Crippen MR) is 81.5 cm³/mol. The minimum Gasteiger partial charge on any atom is -0.464 e. The first-order valence-corrected chi connectivity index (χ1v) is 8.68. The Labute approximate surface area is 124 Å². The molecule has 0 bridgehead atoms. The van der Waals surface area contributed by atoms with Crippen molar-refractivity contribution in [2.24, 2.45) is 11.8 Å². The Hall–Kier alpha value is -0.490. The first-order valence-electron chi connectivity index (χ1n) is 7.53. The topological polar surface area (TPSA) is 60.4 Å². The van der Waals surface area contributed by atoms with Gasteiger partial charge >= 0.3 is 0 Å². The summed E-state index contributed by atoms with van der Waals surface area (Å²) in [6.07, 6.45) is 4.22. The third-order valence-corrected chi connectivity index (χ3v) is 5.81. The monoisotopic (exact) mass is 296 g/mol. The van der Waals surface area contributed by atoms with Crippen LogP contribution in [0.3, 0.4) is 0 Å². The molecule has 2 fully saturated rings. The minimum absolute atomic E-state index is 0.0862. The van der Waals surface area contributed by atoms with E-state index in [0.29, 0.717) is 5.92 Å². The highest BCUT2D eigenvalue weighted by Crippen LogP contribution is 2.44. The summed E-state index contributed by atoms with van der Waals surface area (Å²) in [6, 6.07) is 4.22. The van der Waals surface area contributed by atoms with Crippen LogP contribution in [0.1, 0.15) is 43.7 Å². The van der Waals surface area contributed by atoms with Crippen molar-refractivity contribution in [1.29, 1.82) is 0 Å². The molecule has 2 aliphatic heterocycles. The van der Waals surface area contributed by atoms with Gasteiger partial charge in [0.1, 0.15) is 11.5 Å². The van der Waals surface area contributed by atoms with Crippen LogP contribution in [-0.4, -0.2) is 23.7 Å². The van der Waals surface area contributed by atoms with E-state index in [1.54, 1.807) is 0 Å². The van der Waals surface area contributed by atoms with Gasteiger partial charge in [0, 0.05) is 18.8 Å². The molecule has 0 aliphatic carbocycles. The van der Waals surface area contributed by atoms with Crippen LogP contribution in [0.15, 0.2) is 16.5 Å². The van der Waals surface area contributed by atoms with Crippen molar-refractivity contribution in [3.63, 3.8) is 0 Å². The fourth-order valence-electron chi connectivity index (χ4n) is 3.42. The molecule has 1 aromatic heterocycles. The lowest BCUT2D eigenvalue weighted by Crippen LogP contribution is -2.45. The fourth-order valence-corrected chi connectivity index (χ4v) is 4.79. The lowest BCUT2D eigenvalue weighted by molar-refractivity contribution is -0.0864. The van der Waals surface area contributed by atoms with E-state index in [4.69, 9.17) is 15.0 Å². The zero-order chi connectivity index (χ0) is 14.0. The minimum atomic E-state index is 0.0862. The van der Waals surface area contributed by atoms with Crippen molar-refractivity contribution >= 4 is 11.8 Å². The normalized spacial score (nSPS) is 31.8. The van der Waals surface area contributed by atoms with Gasteiger partial charge in [0.2, 0.25) is 0 Å². The van der Waals surface area contributed by atoms with Crippen molar-refractivity contribution in [2.75, 3.05) is 18.1 Å². The molecule has 0 aromatic carbocycles. The van der Waals surface area contributed by atoms with Crippen LogP contribution in [0.4, 0.5) is 0 Å². The van der Waals surface area contributed by atoms with Gasteiger partial charge in [0.15, 0.2) is 0 Å². The average molecular weight is 296 g/mol. The summed E-state index contributed by atoms with van der Waals surface area (Å²) < 4.78 is 12.0. The molecule has 0 radical (unpaired) electrons. The number of aryl methyl sites for hydroxylation is 1. The van der Waals surface area contributed by atoms with Crippen LogP contribution in [0.5, 0.6) is 0 Å². The molecule has 5 heteroatoms. The molecule has 1 spiro atoms. The zero-order valence-electron chi connectivity index (χ0n) is 12.1. The molecule has 3 unspecified atom stereocenters. The molecule has 3 heterocycles. The highest BCUT2D eigenvalue weighted by atomic mass is 32.2. The van der Waals surface area contributed by atoms with E-state index >= 15 is 0 Å². The number of thioether (sulfide) groups is 1. The molecule has 2 saturated heterocycles. The highest BCUT2D eigenvalue weighted by molar-refractivity contribution is 7.99. The lowest BCUT2D eigenvalue weighted by Gasteiger charge is -2.40. The van der Waals surface area contributed by atoms with Crippen LogP contribution < -0.4 is 11.3 Å². The predicted octanol–water partition coefficient (Wildman–Crippen LogP) is 2.65. The second kappa shape index (κ2) is 6.10. The van der Waals surface area contributed by atoms with Crippen LogP contribution >= 0.6 is 11.8 Å². The molecule has 3 rings (SSSR count).